The van der Waals surface area contributed by atoms with Crippen LogP contribution in [0.25, 0.3) is 16.6 Å². The van der Waals surface area contributed by atoms with Crippen LogP contribution in [0.15, 0.2) is 29.2 Å². The van der Waals surface area contributed by atoms with Crippen LogP contribution in [0.3, 0.4) is 0 Å². The van der Waals surface area contributed by atoms with Crippen LogP contribution in [0.1, 0.15) is 64.3 Å². The summed E-state index contributed by atoms with van der Waals surface area (Å²) in [7, 11) is 0. The van der Waals surface area contributed by atoms with E-state index in [0.717, 1.165) is 22.3 Å². The summed E-state index contributed by atoms with van der Waals surface area (Å²) in [5, 5.41) is 9.83. The lowest BCUT2D eigenvalue weighted by Gasteiger charge is -2.30. The summed E-state index contributed by atoms with van der Waals surface area (Å²) in [5.74, 6) is -0.0425. The number of hydrogen-bond acceptors (Lipinski definition) is 4. The lowest BCUT2D eigenvalue weighted by Crippen LogP contribution is -2.45. The topological polar surface area (TPSA) is 73.0 Å². The van der Waals surface area contributed by atoms with Crippen molar-refractivity contribution < 1.29 is 4.79 Å². The minimum absolute atomic E-state index is 0.0394. The Bertz CT molecular complexity index is 1160. The Kier molecular flexibility index (Phi) is 6.34. The predicted octanol–water partition coefficient (Wildman–Crippen LogP) is 3.97. The van der Waals surface area contributed by atoms with Gasteiger partial charge in [0.15, 0.2) is 0 Å². The Labute approximate surface area is 183 Å². The zero-order chi connectivity index (χ0) is 23.0. The molecule has 0 saturated carbocycles. The van der Waals surface area contributed by atoms with Crippen LogP contribution in [0.2, 0.25) is 0 Å². The highest BCUT2D eigenvalue weighted by atomic mass is 16.2. The Balaban J connectivity index is 2.20. The summed E-state index contributed by atoms with van der Waals surface area (Å²) in [6, 6.07) is 6.08. The highest BCUT2D eigenvalue weighted by Gasteiger charge is 2.24. The van der Waals surface area contributed by atoms with Gasteiger partial charge in [-0.1, -0.05) is 19.9 Å². The summed E-state index contributed by atoms with van der Waals surface area (Å²) >= 11 is 0. The second-order valence-corrected chi connectivity index (χ2v) is 9.08. The first-order valence-electron chi connectivity index (χ1n) is 10.9. The number of nitrogens with zero attached hydrogens (tertiary/aromatic N) is 5. The van der Waals surface area contributed by atoms with Crippen molar-refractivity contribution in [2.24, 2.45) is 0 Å². The van der Waals surface area contributed by atoms with E-state index in [2.05, 4.69) is 17.1 Å². The first-order valence-corrected chi connectivity index (χ1v) is 10.9. The van der Waals surface area contributed by atoms with Crippen molar-refractivity contribution in [3.05, 3.63) is 51.6 Å². The molecule has 0 aliphatic rings. The number of benzene rings is 1. The van der Waals surface area contributed by atoms with Crippen LogP contribution in [0.4, 0.5) is 0 Å². The molecule has 0 aliphatic heterocycles. The molecule has 0 radical (unpaired) electrons. The molecule has 0 fully saturated rings. The van der Waals surface area contributed by atoms with Gasteiger partial charge in [-0.3, -0.25) is 9.59 Å². The lowest BCUT2D eigenvalue weighted by atomic mass is 10.1. The van der Waals surface area contributed by atoms with E-state index in [-0.39, 0.29) is 36.0 Å². The molecule has 0 unspecified atom stereocenters. The van der Waals surface area contributed by atoms with Crippen LogP contribution >= 0.6 is 0 Å². The third-order valence-electron chi connectivity index (χ3n) is 5.68. The van der Waals surface area contributed by atoms with Crippen LogP contribution in [0.5, 0.6) is 0 Å². The predicted molar refractivity (Wildman–Crippen MR) is 124 cm³/mol. The number of fused-ring (bicyclic) bond motifs is 1. The van der Waals surface area contributed by atoms with Gasteiger partial charge >= 0.3 is 0 Å². The van der Waals surface area contributed by atoms with Gasteiger partial charge in [0.25, 0.3) is 5.56 Å². The van der Waals surface area contributed by atoms with E-state index < -0.39 is 0 Å². The van der Waals surface area contributed by atoms with Gasteiger partial charge in [-0.2, -0.15) is 10.2 Å². The number of hydrogen-bond donors (Lipinski definition) is 0. The molecular formula is C24H33N5O2. The first kappa shape index (κ1) is 22.7. The van der Waals surface area contributed by atoms with E-state index in [4.69, 9.17) is 0 Å². The summed E-state index contributed by atoms with van der Waals surface area (Å²) in [5.41, 5.74) is 4.03. The maximum Gasteiger partial charge on any atom is 0.293 e. The van der Waals surface area contributed by atoms with E-state index in [1.165, 1.54) is 10.2 Å². The molecule has 0 bridgehead atoms. The first-order chi connectivity index (χ1) is 14.5. The largest absolute Gasteiger partial charge is 0.336 e. The van der Waals surface area contributed by atoms with Gasteiger partial charge in [0.2, 0.25) is 5.91 Å². The molecule has 166 valence electrons. The van der Waals surface area contributed by atoms with E-state index in [1.807, 2.05) is 66.7 Å². The monoisotopic (exact) mass is 423 g/mol. The number of aromatic nitrogens is 4. The molecule has 0 saturated heterocycles. The van der Waals surface area contributed by atoms with Gasteiger partial charge in [-0.15, -0.1) is 0 Å². The van der Waals surface area contributed by atoms with Crippen molar-refractivity contribution in [2.45, 2.75) is 79.9 Å². The molecule has 1 amide bonds. The van der Waals surface area contributed by atoms with Gasteiger partial charge in [0.1, 0.15) is 12.1 Å². The van der Waals surface area contributed by atoms with Crippen LogP contribution < -0.4 is 5.56 Å². The minimum Gasteiger partial charge on any atom is -0.336 e. The van der Waals surface area contributed by atoms with E-state index in [0.29, 0.717) is 5.52 Å². The maximum absolute atomic E-state index is 13.5. The molecule has 0 aliphatic carbocycles. The Morgan fingerprint density at radius 2 is 1.68 bits per heavy atom. The van der Waals surface area contributed by atoms with Crippen molar-refractivity contribution in [3.63, 3.8) is 0 Å². The van der Waals surface area contributed by atoms with Gasteiger partial charge in [-0.05, 0) is 70.7 Å². The van der Waals surface area contributed by atoms with Gasteiger partial charge in [0, 0.05) is 17.5 Å². The number of carbonyl (C=O) groups excluding carboxylic acids is 1. The quantitative estimate of drug-likeness (QED) is 0.601. The molecule has 0 spiro atoms. The smallest absolute Gasteiger partial charge is 0.293 e. The fourth-order valence-corrected chi connectivity index (χ4v) is 4.06. The third kappa shape index (κ3) is 4.27. The van der Waals surface area contributed by atoms with Gasteiger partial charge in [-0.25, -0.2) is 9.36 Å². The molecule has 0 N–H and O–H groups in total. The summed E-state index contributed by atoms with van der Waals surface area (Å²) < 4.78 is 2.97. The summed E-state index contributed by atoms with van der Waals surface area (Å²) in [6.45, 7) is 16.0. The fraction of sp³-hybridized carbons (Fsp3) is 0.500. The number of rotatable bonds is 6. The van der Waals surface area contributed by atoms with Crippen molar-refractivity contribution >= 4 is 16.8 Å². The Morgan fingerprint density at radius 1 is 1.03 bits per heavy atom. The highest BCUT2D eigenvalue weighted by molar-refractivity contribution is 5.83. The van der Waals surface area contributed by atoms with Gasteiger partial charge < -0.3 is 4.90 Å². The molecule has 7 heteroatoms. The second-order valence-electron chi connectivity index (χ2n) is 9.08. The summed E-state index contributed by atoms with van der Waals surface area (Å²) in [4.78, 5) is 28.3. The highest BCUT2D eigenvalue weighted by Crippen LogP contribution is 2.24. The van der Waals surface area contributed by atoms with E-state index >= 15 is 0 Å². The van der Waals surface area contributed by atoms with Crippen LogP contribution in [0, 0.1) is 13.8 Å². The summed E-state index contributed by atoms with van der Waals surface area (Å²) in [6.07, 6.45) is 1.70. The zero-order valence-corrected chi connectivity index (χ0v) is 19.8. The molecule has 31 heavy (non-hydrogen) atoms. The Morgan fingerprint density at radius 3 is 2.23 bits per heavy atom. The van der Waals surface area contributed by atoms with Crippen molar-refractivity contribution in [1.29, 1.82) is 0 Å². The fourth-order valence-electron chi connectivity index (χ4n) is 4.06. The standard InChI is InChI=1S/C24H33N5O2/c1-14(2)22-20-12-25-29(19-10-9-17(7)18(8)11-19)23(20)24(31)27(26-22)13-21(30)28(15(3)4)16(5)6/h9-12,14-16H,13H2,1-8H3. The molecule has 2 heterocycles. The Hall–Kier alpha value is -2.96. The maximum atomic E-state index is 13.5. The number of aryl methyl sites for hydroxylation is 2. The molecule has 2 aromatic heterocycles. The average Bonchev–Trinajstić information content (AvgIpc) is 3.10. The average molecular weight is 424 g/mol. The van der Waals surface area contributed by atoms with E-state index in [9.17, 15) is 9.59 Å². The molecule has 3 rings (SSSR count). The number of amides is 1. The molecule has 7 nitrogen and oxygen atoms in total. The molecule has 3 aromatic rings. The molecule has 1 aromatic carbocycles. The van der Waals surface area contributed by atoms with Crippen molar-refractivity contribution in [1.82, 2.24) is 24.5 Å². The zero-order valence-electron chi connectivity index (χ0n) is 19.8. The minimum atomic E-state index is -0.309. The van der Waals surface area contributed by atoms with Gasteiger partial charge in [0.05, 0.1) is 17.6 Å². The SMILES string of the molecule is Cc1ccc(-n2ncc3c(C(C)C)nn(CC(=O)N(C(C)C)C(C)C)c(=O)c32)cc1C. The third-order valence-corrected chi connectivity index (χ3v) is 5.68. The van der Waals surface area contributed by atoms with Crippen LogP contribution in [-0.2, 0) is 11.3 Å². The van der Waals surface area contributed by atoms with E-state index in [1.54, 1.807) is 15.8 Å². The van der Waals surface area contributed by atoms with Crippen molar-refractivity contribution in [3.8, 4) is 5.69 Å². The molecule has 0 atom stereocenters. The normalized spacial score (nSPS) is 11.8. The molecular weight excluding hydrogens is 390 g/mol. The lowest BCUT2D eigenvalue weighted by molar-refractivity contribution is -0.135. The number of carbonyl (C=O) groups is 1. The second kappa shape index (κ2) is 8.65. The van der Waals surface area contributed by atoms with Crippen molar-refractivity contribution in [2.75, 3.05) is 0 Å². The van der Waals surface area contributed by atoms with Crippen LogP contribution in [-0.4, -0.2) is 42.5 Å².